The molecule has 0 amide bonds. The van der Waals surface area contributed by atoms with Gasteiger partial charge in [0, 0.05) is 25.9 Å². The van der Waals surface area contributed by atoms with E-state index in [9.17, 15) is 8.42 Å². The van der Waals surface area contributed by atoms with E-state index in [0.29, 0.717) is 12.5 Å². The van der Waals surface area contributed by atoms with Gasteiger partial charge >= 0.3 is 0 Å². The van der Waals surface area contributed by atoms with Crippen LogP contribution >= 0.6 is 24.0 Å². The number of hydrogen-bond donors (Lipinski definition) is 2. The molecule has 0 heterocycles. The van der Waals surface area contributed by atoms with Crippen LogP contribution in [-0.4, -0.2) is 46.0 Å². The summed E-state index contributed by atoms with van der Waals surface area (Å²) >= 11 is 0. The topological polar surface area (TPSA) is 70.6 Å². The predicted molar refractivity (Wildman–Crippen MR) is 84.0 cm³/mol. The van der Waals surface area contributed by atoms with Crippen LogP contribution in [0.15, 0.2) is 4.99 Å². The Kier molecular flexibility index (Phi) is 12.6. The summed E-state index contributed by atoms with van der Waals surface area (Å²) in [6.07, 6.45) is 2.20. The summed E-state index contributed by atoms with van der Waals surface area (Å²) in [6.45, 7) is 5.04. The van der Waals surface area contributed by atoms with Crippen molar-refractivity contribution in [2.24, 2.45) is 4.99 Å². The first-order chi connectivity index (χ1) is 7.55. The van der Waals surface area contributed by atoms with Crippen LogP contribution in [0.1, 0.15) is 26.7 Å². The van der Waals surface area contributed by atoms with E-state index in [1.54, 1.807) is 14.0 Å². The highest BCUT2D eigenvalue weighted by Crippen LogP contribution is 1.87. The van der Waals surface area contributed by atoms with E-state index in [0.717, 1.165) is 19.4 Å². The second-order valence-corrected chi connectivity index (χ2v) is 5.99. The monoisotopic (exact) mass is 377 g/mol. The van der Waals surface area contributed by atoms with Crippen LogP contribution in [0.2, 0.25) is 0 Å². The van der Waals surface area contributed by atoms with Crippen molar-refractivity contribution in [2.45, 2.75) is 26.7 Å². The highest BCUT2D eigenvalue weighted by atomic mass is 127. The minimum atomic E-state index is -2.89. The molecule has 0 aliphatic rings. The van der Waals surface area contributed by atoms with Gasteiger partial charge in [0.2, 0.25) is 0 Å². The quantitative estimate of drug-likeness (QED) is 0.301. The Bertz CT molecular complexity index is 305. The number of sulfone groups is 1. The van der Waals surface area contributed by atoms with Crippen LogP contribution in [-0.2, 0) is 9.84 Å². The van der Waals surface area contributed by atoms with Crippen LogP contribution in [0.5, 0.6) is 0 Å². The largest absolute Gasteiger partial charge is 0.356 e. The average Bonchev–Trinajstić information content (AvgIpc) is 2.27. The molecule has 0 aromatic carbocycles. The number of hydrogen-bond acceptors (Lipinski definition) is 3. The lowest BCUT2D eigenvalue weighted by molar-refractivity contribution is 0.595. The van der Waals surface area contributed by atoms with Crippen LogP contribution in [0.3, 0.4) is 0 Å². The lowest BCUT2D eigenvalue weighted by Gasteiger charge is -2.11. The van der Waals surface area contributed by atoms with Crippen molar-refractivity contribution in [1.29, 1.82) is 0 Å². The van der Waals surface area contributed by atoms with Gasteiger partial charge in [0.15, 0.2) is 15.8 Å². The third kappa shape index (κ3) is 10.8. The Hall–Kier alpha value is -0.0500. The van der Waals surface area contributed by atoms with E-state index in [1.807, 2.05) is 0 Å². The van der Waals surface area contributed by atoms with Crippen molar-refractivity contribution in [3.63, 3.8) is 0 Å². The number of nitrogens with one attached hydrogen (secondary N) is 2. The maximum absolute atomic E-state index is 11.2. The van der Waals surface area contributed by atoms with E-state index >= 15 is 0 Å². The van der Waals surface area contributed by atoms with E-state index in [-0.39, 0.29) is 35.5 Å². The number of halogens is 1. The number of unbranched alkanes of at least 4 members (excludes halogenated alkanes) is 1. The third-order valence-electron chi connectivity index (χ3n) is 2.19. The Labute approximate surface area is 122 Å². The maximum atomic E-state index is 11.2. The molecule has 0 bridgehead atoms. The lowest BCUT2D eigenvalue weighted by atomic mass is 10.3. The van der Waals surface area contributed by atoms with E-state index in [1.165, 1.54) is 0 Å². The summed E-state index contributed by atoms with van der Waals surface area (Å²) in [5.41, 5.74) is 0. The first-order valence-electron chi connectivity index (χ1n) is 5.70. The fourth-order valence-corrected chi connectivity index (χ4v) is 1.78. The standard InChI is InChI=1S/C10H23N3O2S.HI/c1-4-6-7-12-10(11-3)13-8-9-16(14,15)5-2;/h4-9H2,1-3H3,(H2,11,12,13);1H. The first-order valence-corrected chi connectivity index (χ1v) is 7.52. The van der Waals surface area contributed by atoms with Crippen molar-refractivity contribution in [3.8, 4) is 0 Å². The zero-order valence-corrected chi connectivity index (χ0v) is 14.0. The average molecular weight is 377 g/mol. The summed E-state index contributed by atoms with van der Waals surface area (Å²) in [5, 5.41) is 6.10. The van der Waals surface area contributed by atoms with Gasteiger partial charge in [-0.25, -0.2) is 8.42 Å². The molecule has 0 saturated heterocycles. The third-order valence-corrected chi connectivity index (χ3v) is 3.90. The second-order valence-electron chi connectivity index (χ2n) is 3.52. The van der Waals surface area contributed by atoms with Gasteiger partial charge in [0.25, 0.3) is 0 Å². The maximum Gasteiger partial charge on any atom is 0.191 e. The molecule has 0 aliphatic carbocycles. The molecule has 0 radical (unpaired) electrons. The normalized spacial score (nSPS) is 11.8. The molecule has 7 heteroatoms. The zero-order valence-electron chi connectivity index (χ0n) is 10.8. The number of guanidine groups is 1. The zero-order chi connectivity index (χ0) is 12.4. The molecule has 0 aromatic rings. The van der Waals surface area contributed by atoms with Crippen molar-refractivity contribution in [1.82, 2.24) is 10.6 Å². The Morgan fingerprint density at radius 1 is 1.18 bits per heavy atom. The molecular formula is C10H24IN3O2S. The fourth-order valence-electron chi connectivity index (χ4n) is 1.07. The van der Waals surface area contributed by atoms with Gasteiger partial charge in [-0.3, -0.25) is 4.99 Å². The summed E-state index contributed by atoms with van der Waals surface area (Å²) in [7, 11) is -1.22. The number of aliphatic imine (C=N–C) groups is 1. The Balaban J connectivity index is 0. The lowest BCUT2D eigenvalue weighted by Crippen LogP contribution is -2.40. The summed E-state index contributed by atoms with van der Waals surface area (Å²) in [6, 6.07) is 0. The molecule has 0 rings (SSSR count). The summed E-state index contributed by atoms with van der Waals surface area (Å²) in [4.78, 5) is 4.00. The van der Waals surface area contributed by atoms with Crippen LogP contribution in [0.25, 0.3) is 0 Å². The number of rotatable bonds is 7. The highest BCUT2D eigenvalue weighted by molar-refractivity contribution is 14.0. The molecule has 5 nitrogen and oxygen atoms in total. The van der Waals surface area contributed by atoms with Crippen LogP contribution < -0.4 is 10.6 Å². The van der Waals surface area contributed by atoms with E-state index < -0.39 is 9.84 Å². The molecule has 0 fully saturated rings. The number of nitrogens with zero attached hydrogens (tertiary/aromatic N) is 1. The summed E-state index contributed by atoms with van der Waals surface area (Å²) < 4.78 is 22.5. The highest BCUT2D eigenvalue weighted by Gasteiger charge is 2.06. The predicted octanol–water partition coefficient (Wildman–Crippen LogP) is 1.00. The minimum Gasteiger partial charge on any atom is -0.356 e. The molecule has 2 N–H and O–H groups in total. The SMILES string of the molecule is CCCCNC(=NC)NCCS(=O)(=O)CC.I. The molecule has 0 atom stereocenters. The van der Waals surface area contributed by atoms with E-state index in [4.69, 9.17) is 0 Å². The first kappa shape index (κ1) is 19.3. The molecule has 0 aliphatic heterocycles. The fraction of sp³-hybridized carbons (Fsp3) is 0.900. The van der Waals surface area contributed by atoms with Gasteiger partial charge in [0.1, 0.15) is 0 Å². The molecule has 104 valence electrons. The van der Waals surface area contributed by atoms with Gasteiger partial charge in [-0.2, -0.15) is 0 Å². The van der Waals surface area contributed by atoms with Gasteiger partial charge in [-0.1, -0.05) is 20.3 Å². The molecule has 0 spiro atoms. The Morgan fingerprint density at radius 2 is 1.76 bits per heavy atom. The Morgan fingerprint density at radius 3 is 2.24 bits per heavy atom. The summed E-state index contributed by atoms with van der Waals surface area (Å²) in [5.74, 6) is 1.01. The van der Waals surface area contributed by atoms with Crippen molar-refractivity contribution in [2.75, 3.05) is 31.6 Å². The minimum absolute atomic E-state index is 0. The molecular weight excluding hydrogens is 353 g/mol. The molecule has 17 heavy (non-hydrogen) atoms. The molecule has 0 aromatic heterocycles. The second kappa shape index (κ2) is 11.1. The van der Waals surface area contributed by atoms with Gasteiger partial charge in [-0.05, 0) is 6.42 Å². The van der Waals surface area contributed by atoms with E-state index in [2.05, 4.69) is 22.5 Å². The van der Waals surface area contributed by atoms with Crippen molar-refractivity contribution < 1.29 is 8.42 Å². The smallest absolute Gasteiger partial charge is 0.191 e. The van der Waals surface area contributed by atoms with Gasteiger partial charge < -0.3 is 10.6 Å². The van der Waals surface area contributed by atoms with Crippen LogP contribution in [0.4, 0.5) is 0 Å². The van der Waals surface area contributed by atoms with Gasteiger partial charge in [0.05, 0.1) is 5.75 Å². The molecule has 0 unspecified atom stereocenters. The molecule has 0 saturated carbocycles. The van der Waals surface area contributed by atoms with Crippen LogP contribution in [0, 0.1) is 0 Å². The van der Waals surface area contributed by atoms with Gasteiger partial charge in [-0.15, -0.1) is 24.0 Å². The van der Waals surface area contributed by atoms with Crippen molar-refractivity contribution in [3.05, 3.63) is 0 Å². The van der Waals surface area contributed by atoms with Crippen molar-refractivity contribution >= 4 is 39.8 Å².